The molecule has 2 amide bonds. The van der Waals surface area contributed by atoms with Crippen LogP contribution in [0.1, 0.15) is 64.5 Å². The number of unbranched alkanes of at least 4 members (excludes halogenated alkanes) is 1. The Morgan fingerprint density at radius 2 is 1.71 bits per heavy atom. The van der Waals surface area contributed by atoms with Gasteiger partial charge in [0.25, 0.3) is 0 Å². The molecule has 2 aromatic carbocycles. The summed E-state index contributed by atoms with van der Waals surface area (Å²) in [6.07, 6.45) is 4.07. The Labute approximate surface area is 212 Å². The molecule has 0 aliphatic rings. The molecule has 1 N–H and O–H groups in total. The zero-order valence-electron chi connectivity index (χ0n) is 22.4. The first kappa shape index (κ1) is 28.5. The van der Waals surface area contributed by atoms with Gasteiger partial charge in [-0.3, -0.25) is 0 Å². The number of ether oxygens (including phenoxy) is 2. The van der Waals surface area contributed by atoms with Gasteiger partial charge in [-0.1, -0.05) is 63.6 Å². The number of nitrogens with one attached hydrogen (secondary N) is 1. The first-order valence-corrected chi connectivity index (χ1v) is 13.1. The van der Waals surface area contributed by atoms with Crippen LogP contribution < -0.4 is 14.8 Å². The number of rotatable bonds is 16. The van der Waals surface area contributed by atoms with Gasteiger partial charge in [-0.05, 0) is 69.1 Å². The fourth-order valence-corrected chi connectivity index (χ4v) is 4.07. The maximum absolute atomic E-state index is 13.1. The van der Waals surface area contributed by atoms with Gasteiger partial charge in [0.2, 0.25) is 0 Å². The quantitative estimate of drug-likeness (QED) is 0.293. The molecular formula is C29H45N3O3. The molecule has 194 valence electrons. The summed E-state index contributed by atoms with van der Waals surface area (Å²) in [7, 11) is 1.65. The topological polar surface area (TPSA) is 54.0 Å². The largest absolute Gasteiger partial charge is 0.493 e. The Kier molecular flexibility index (Phi) is 13.1. The molecule has 0 spiro atoms. The van der Waals surface area contributed by atoms with E-state index >= 15 is 0 Å². The second-order valence-electron chi connectivity index (χ2n) is 8.99. The van der Waals surface area contributed by atoms with Crippen LogP contribution in [-0.4, -0.2) is 55.2 Å². The third-order valence-electron chi connectivity index (χ3n) is 6.41. The minimum atomic E-state index is -0.00263. The number of nitrogens with zero attached hydrogens (tertiary/aromatic N) is 2. The number of urea groups is 1. The second-order valence-corrected chi connectivity index (χ2v) is 8.99. The summed E-state index contributed by atoms with van der Waals surface area (Å²) in [6, 6.07) is 16.2. The summed E-state index contributed by atoms with van der Waals surface area (Å²) in [5.41, 5.74) is 2.13. The monoisotopic (exact) mass is 483 g/mol. The highest BCUT2D eigenvalue weighted by atomic mass is 16.5. The maximum Gasteiger partial charge on any atom is 0.317 e. The molecule has 6 heteroatoms. The van der Waals surface area contributed by atoms with Crippen molar-refractivity contribution in [3.05, 3.63) is 59.7 Å². The molecule has 0 aliphatic heterocycles. The molecule has 1 unspecified atom stereocenters. The van der Waals surface area contributed by atoms with Crippen molar-refractivity contribution < 1.29 is 14.3 Å². The van der Waals surface area contributed by atoms with Gasteiger partial charge in [0.1, 0.15) is 6.61 Å². The Morgan fingerprint density at radius 3 is 2.37 bits per heavy atom. The summed E-state index contributed by atoms with van der Waals surface area (Å²) in [5.74, 6) is 1.38. The average molecular weight is 484 g/mol. The van der Waals surface area contributed by atoms with Crippen LogP contribution in [0.4, 0.5) is 4.79 Å². The van der Waals surface area contributed by atoms with Gasteiger partial charge in [0.05, 0.1) is 7.11 Å². The molecule has 2 rings (SSSR count). The lowest BCUT2D eigenvalue weighted by Gasteiger charge is -2.30. The van der Waals surface area contributed by atoms with Crippen molar-refractivity contribution in [3.8, 4) is 11.5 Å². The molecule has 0 fully saturated rings. The van der Waals surface area contributed by atoms with Crippen molar-refractivity contribution in [2.24, 2.45) is 0 Å². The zero-order valence-corrected chi connectivity index (χ0v) is 22.4. The van der Waals surface area contributed by atoms with E-state index in [-0.39, 0.29) is 12.1 Å². The summed E-state index contributed by atoms with van der Waals surface area (Å²) in [6.45, 7) is 13.6. The minimum Gasteiger partial charge on any atom is -0.493 e. The van der Waals surface area contributed by atoms with Crippen LogP contribution in [0.25, 0.3) is 0 Å². The highest BCUT2D eigenvalue weighted by Crippen LogP contribution is 2.30. The van der Waals surface area contributed by atoms with E-state index in [1.165, 1.54) is 0 Å². The molecule has 0 saturated carbocycles. The third-order valence-corrected chi connectivity index (χ3v) is 6.41. The number of hydrogen-bond acceptors (Lipinski definition) is 4. The predicted molar refractivity (Wildman–Crippen MR) is 144 cm³/mol. The van der Waals surface area contributed by atoms with Gasteiger partial charge in [0, 0.05) is 19.1 Å². The van der Waals surface area contributed by atoms with E-state index in [4.69, 9.17) is 9.47 Å². The number of amides is 2. The molecule has 0 heterocycles. The maximum atomic E-state index is 13.1. The van der Waals surface area contributed by atoms with E-state index in [0.29, 0.717) is 31.2 Å². The van der Waals surface area contributed by atoms with Gasteiger partial charge in [0.15, 0.2) is 11.5 Å². The van der Waals surface area contributed by atoms with E-state index in [1.807, 2.05) is 53.4 Å². The van der Waals surface area contributed by atoms with Crippen molar-refractivity contribution in [3.63, 3.8) is 0 Å². The van der Waals surface area contributed by atoms with E-state index in [9.17, 15) is 4.79 Å². The fourth-order valence-electron chi connectivity index (χ4n) is 4.07. The second kappa shape index (κ2) is 16.0. The average Bonchev–Trinajstić information content (AvgIpc) is 2.89. The highest BCUT2D eigenvalue weighted by molar-refractivity contribution is 5.74. The van der Waals surface area contributed by atoms with Crippen molar-refractivity contribution in [2.45, 2.75) is 72.6 Å². The summed E-state index contributed by atoms with van der Waals surface area (Å²) < 4.78 is 11.6. The summed E-state index contributed by atoms with van der Waals surface area (Å²) in [5, 5.41) is 3.11. The molecule has 0 bridgehead atoms. The normalized spacial score (nSPS) is 11.8. The first-order chi connectivity index (χ1) is 17.0. The van der Waals surface area contributed by atoms with E-state index in [0.717, 1.165) is 56.4 Å². The zero-order chi connectivity index (χ0) is 25.5. The highest BCUT2D eigenvalue weighted by Gasteiger charge is 2.21. The van der Waals surface area contributed by atoms with Crippen LogP contribution in [0, 0.1) is 0 Å². The van der Waals surface area contributed by atoms with E-state index < -0.39 is 0 Å². The molecule has 2 aromatic rings. The first-order valence-electron chi connectivity index (χ1n) is 13.1. The van der Waals surface area contributed by atoms with Crippen LogP contribution in [0.5, 0.6) is 11.5 Å². The molecule has 0 saturated heterocycles. The lowest BCUT2D eigenvalue weighted by Crippen LogP contribution is -2.45. The van der Waals surface area contributed by atoms with Crippen LogP contribution in [0.2, 0.25) is 0 Å². The molecule has 1 atom stereocenters. The van der Waals surface area contributed by atoms with Crippen molar-refractivity contribution in [2.75, 3.05) is 33.3 Å². The molecule has 0 aliphatic carbocycles. The van der Waals surface area contributed by atoms with Gasteiger partial charge in [-0.2, -0.15) is 0 Å². The standard InChI is InChI=1S/C29H45N3O3/c1-6-9-19-30-29(33)32(24(4)14-13-20-31(7-2)8-3)22-26-17-18-27(28(21-26)34-5)35-23-25-15-11-10-12-16-25/h10-12,15-18,21,24H,6-9,13-14,19-20,22-23H2,1-5H3,(H,30,33). The molecule has 6 nitrogen and oxygen atoms in total. The number of carbonyl (C=O) groups excluding carboxylic acids is 1. The number of methoxy groups -OCH3 is 1. The Bertz CT molecular complexity index is 856. The van der Waals surface area contributed by atoms with Gasteiger partial charge in [-0.15, -0.1) is 0 Å². The number of hydrogen-bond donors (Lipinski definition) is 1. The van der Waals surface area contributed by atoms with Crippen molar-refractivity contribution in [1.29, 1.82) is 0 Å². The predicted octanol–water partition coefficient (Wildman–Crippen LogP) is 6.10. The summed E-state index contributed by atoms with van der Waals surface area (Å²) >= 11 is 0. The van der Waals surface area contributed by atoms with Crippen LogP contribution >= 0.6 is 0 Å². The molecule has 0 radical (unpaired) electrons. The minimum absolute atomic E-state index is 0.00263. The van der Waals surface area contributed by atoms with E-state index in [1.54, 1.807) is 7.11 Å². The Hall–Kier alpha value is -2.73. The van der Waals surface area contributed by atoms with Gasteiger partial charge in [-0.25, -0.2) is 4.79 Å². The van der Waals surface area contributed by atoms with Crippen molar-refractivity contribution in [1.82, 2.24) is 15.1 Å². The third kappa shape index (κ3) is 9.81. The van der Waals surface area contributed by atoms with Crippen LogP contribution in [0.3, 0.4) is 0 Å². The lowest BCUT2D eigenvalue weighted by molar-refractivity contribution is 0.167. The van der Waals surface area contributed by atoms with Gasteiger partial charge >= 0.3 is 6.03 Å². The number of carbonyl (C=O) groups is 1. The smallest absolute Gasteiger partial charge is 0.317 e. The van der Waals surface area contributed by atoms with Gasteiger partial charge < -0.3 is 24.6 Å². The van der Waals surface area contributed by atoms with Crippen molar-refractivity contribution >= 4 is 6.03 Å². The molecule has 35 heavy (non-hydrogen) atoms. The van der Waals surface area contributed by atoms with E-state index in [2.05, 4.69) is 37.9 Å². The Morgan fingerprint density at radius 1 is 0.971 bits per heavy atom. The SMILES string of the molecule is CCCCNC(=O)N(Cc1ccc(OCc2ccccc2)c(OC)c1)C(C)CCCN(CC)CC. The molecular weight excluding hydrogens is 438 g/mol. The Balaban J connectivity index is 2.08. The summed E-state index contributed by atoms with van der Waals surface area (Å²) in [4.78, 5) is 17.5. The molecule has 0 aromatic heterocycles. The van der Waals surface area contributed by atoms with Crippen LogP contribution in [0.15, 0.2) is 48.5 Å². The lowest BCUT2D eigenvalue weighted by atomic mass is 10.1. The fraction of sp³-hybridized carbons (Fsp3) is 0.552. The number of benzene rings is 2. The van der Waals surface area contributed by atoms with Crippen LogP contribution in [-0.2, 0) is 13.2 Å².